The normalized spacial score (nSPS) is 22.0. The Morgan fingerprint density at radius 2 is 1.95 bits per heavy atom. The van der Waals surface area contributed by atoms with E-state index in [1.807, 2.05) is 6.07 Å². The number of nitriles is 1. The van der Waals surface area contributed by atoms with Gasteiger partial charge in [-0.2, -0.15) is 5.26 Å². The summed E-state index contributed by atoms with van der Waals surface area (Å²) in [5, 5.41) is 8.88. The highest BCUT2D eigenvalue weighted by molar-refractivity contribution is 5.33. The average molecular weight is 276 g/mol. The summed E-state index contributed by atoms with van der Waals surface area (Å²) in [6.07, 6.45) is 1.62. The van der Waals surface area contributed by atoms with Crippen LogP contribution in [0, 0.1) is 17.1 Å². The first kappa shape index (κ1) is 13.5. The number of halogens is 1. The second-order valence-corrected chi connectivity index (χ2v) is 5.30. The van der Waals surface area contributed by atoms with Gasteiger partial charge < -0.3 is 9.47 Å². The fourth-order valence-corrected chi connectivity index (χ4v) is 2.84. The zero-order valence-electron chi connectivity index (χ0n) is 11.3. The number of hydrogen-bond donors (Lipinski definition) is 0. The Hall–Kier alpha value is -1.48. The zero-order valence-corrected chi connectivity index (χ0v) is 11.3. The van der Waals surface area contributed by atoms with Gasteiger partial charge in [0.2, 0.25) is 0 Å². The summed E-state index contributed by atoms with van der Waals surface area (Å²) in [5.74, 6) is -0.651. The van der Waals surface area contributed by atoms with Gasteiger partial charge in [0.05, 0.1) is 24.8 Å². The van der Waals surface area contributed by atoms with Crippen LogP contribution in [0.1, 0.15) is 24.0 Å². The van der Waals surface area contributed by atoms with Crippen LogP contribution < -0.4 is 0 Å². The topological polar surface area (TPSA) is 45.5 Å². The Kier molecular flexibility index (Phi) is 3.70. The number of likely N-dealkylation sites (tertiary alicyclic amines) is 1. The Labute approximate surface area is 117 Å². The van der Waals surface area contributed by atoms with E-state index in [-0.39, 0.29) is 5.82 Å². The van der Waals surface area contributed by atoms with Gasteiger partial charge in [-0.15, -0.1) is 0 Å². The van der Waals surface area contributed by atoms with E-state index in [2.05, 4.69) is 4.90 Å². The first-order chi connectivity index (χ1) is 9.71. The summed E-state index contributed by atoms with van der Waals surface area (Å²) in [5.41, 5.74) is 1.07. The molecule has 0 bridgehead atoms. The van der Waals surface area contributed by atoms with Gasteiger partial charge in [-0.3, -0.25) is 4.90 Å². The maximum atomic E-state index is 13.8. The number of ether oxygens (including phenoxy) is 2. The highest BCUT2D eigenvalue weighted by Gasteiger charge is 2.39. The van der Waals surface area contributed by atoms with Crippen LogP contribution in [0.3, 0.4) is 0 Å². The zero-order chi connectivity index (χ0) is 14.0. The molecule has 0 radical (unpaired) electrons. The molecule has 5 heteroatoms. The van der Waals surface area contributed by atoms with E-state index in [4.69, 9.17) is 14.7 Å². The molecule has 2 fully saturated rings. The first-order valence-corrected chi connectivity index (χ1v) is 6.90. The summed E-state index contributed by atoms with van der Waals surface area (Å²) < 4.78 is 25.1. The van der Waals surface area contributed by atoms with Gasteiger partial charge in [0.1, 0.15) is 5.82 Å². The van der Waals surface area contributed by atoms with Crippen molar-refractivity contribution in [1.82, 2.24) is 4.90 Å². The Bertz CT molecular complexity index is 525. The predicted molar refractivity (Wildman–Crippen MR) is 70.3 cm³/mol. The molecule has 2 saturated heterocycles. The third kappa shape index (κ3) is 2.68. The van der Waals surface area contributed by atoms with E-state index in [9.17, 15) is 4.39 Å². The summed E-state index contributed by atoms with van der Waals surface area (Å²) in [4.78, 5) is 2.18. The van der Waals surface area contributed by atoms with Crippen molar-refractivity contribution in [3.05, 3.63) is 35.1 Å². The molecule has 0 aromatic heterocycles. The second kappa shape index (κ2) is 5.49. The van der Waals surface area contributed by atoms with E-state index in [0.29, 0.717) is 30.9 Å². The lowest BCUT2D eigenvalue weighted by Gasteiger charge is -2.37. The number of rotatable bonds is 2. The molecule has 2 aliphatic heterocycles. The molecule has 0 N–H and O–H groups in total. The Balaban J connectivity index is 1.63. The second-order valence-electron chi connectivity index (χ2n) is 5.30. The Morgan fingerprint density at radius 1 is 1.25 bits per heavy atom. The molecule has 1 spiro atoms. The maximum Gasteiger partial charge on any atom is 0.170 e. The molecular formula is C15H17FN2O2. The van der Waals surface area contributed by atoms with Crippen LogP contribution in [0.15, 0.2) is 18.2 Å². The SMILES string of the molecule is N#Cc1ccc(F)c(CN2CCC3(CC2)OCCO3)c1. The van der Waals surface area contributed by atoms with Crippen LogP contribution in [0.5, 0.6) is 0 Å². The maximum absolute atomic E-state index is 13.8. The molecule has 3 rings (SSSR count). The summed E-state index contributed by atoms with van der Waals surface area (Å²) in [6, 6.07) is 6.54. The molecule has 0 amide bonds. The molecule has 1 aromatic carbocycles. The monoisotopic (exact) mass is 276 g/mol. The van der Waals surface area contributed by atoms with Crippen molar-refractivity contribution in [1.29, 1.82) is 5.26 Å². The minimum absolute atomic E-state index is 0.252. The van der Waals surface area contributed by atoms with E-state index >= 15 is 0 Å². The lowest BCUT2D eigenvalue weighted by atomic mass is 10.0. The number of piperidine rings is 1. The summed E-state index contributed by atoms with van der Waals surface area (Å²) in [7, 11) is 0. The quantitative estimate of drug-likeness (QED) is 0.829. The number of nitrogens with zero attached hydrogens (tertiary/aromatic N) is 2. The minimum atomic E-state index is -0.399. The summed E-state index contributed by atoms with van der Waals surface area (Å²) >= 11 is 0. The highest BCUT2D eigenvalue weighted by atomic mass is 19.1. The average Bonchev–Trinajstić information content (AvgIpc) is 2.92. The third-order valence-electron chi connectivity index (χ3n) is 4.00. The fourth-order valence-electron chi connectivity index (χ4n) is 2.84. The van der Waals surface area contributed by atoms with Gasteiger partial charge in [0.25, 0.3) is 0 Å². The van der Waals surface area contributed by atoms with Crippen LogP contribution in [-0.2, 0) is 16.0 Å². The molecule has 0 atom stereocenters. The van der Waals surface area contributed by atoms with E-state index < -0.39 is 5.79 Å². The fraction of sp³-hybridized carbons (Fsp3) is 0.533. The van der Waals surface area contributed by atoms with E-state index in [1.165, 1.54) is 12.1 Å². The molecule has 4 nitrogen and oxygen atoms in total. The lowest BCUT2D eigenvalue weighted by molar-refractivity contribution is -0.185. The standard InChI is InChI=1S/C15H17FN2O2/c16-14-2-1-12(10-17)9-13(14)11-18-5-3-15(4-6-18)19-7-8-20-15/h1-2,9H,3-8,11H2. The van der Waals surface area contributed by atoms with Crippen molar-refractivity contribution >= 4 is 0 Å². The van der Waals surface area contributed by atoms with Crippen molar-refractivity contribution < 1.29 is 13.9 Å². The van der Waals surface area contributed by atoms with Crippen molar-refractivity contribution in [2.24, 2.45) is 0 Å². The molecule has 2 aliphatic rings. The Morgan fingerprint density at radius 3 is 2.60 bits per heavy atom. The van der Waals surface area contributed by atoms with Crippen molar-refractivity contribution in [2.45, 2.75) is 25.2 Å². The van der Waals surface area contributed by atoms with Crippen LogP contribution in [0.2, 0.25) is 0 Å². The third-order valence-corrected chi connectivity index (χ3v) is 4.00. The lowest BCUT2D eigenvalue weighted by Crippen LogP contribution is -2.44. The van der Waals surface area contributed by atoms with E-state index in [1.54, 1.807) is 6.07 Å². The van der Waals surface area contributed by atoms with Gasteiger partial charge in [0, 0.05) is 38.0 Å². The van der Waals surface area contributed by atoms with E-state index in [0.717, 1.165) is 25.9 Å². The van der Waals surface area contributed by atoms with Crippen LogP contribution in [-0.4, -0.2) is 37.0 Å². The van der Waals surface area contributed by atoms with Crippen LogP contribution in [0.25, 0.3) is 0 Å². The summed E-state index contributed by atoms with van der Waals surface area (Å²) in [6.45, 7) is 3.49. The molecule has 20 heavy (non-hydrogen) atoms. The van der Waals surface area contributed by atoms with Gasteiger partial charge in [-0.25, -0.2) is 4.39 Å². The number of benzene rings is 1. The minimum Gasteiger partial charge on any atom is -0.347 e. The van der Waals surface area contributed by atoms with Gasteiger partial charge in [-0.05, 0) is 18.2 Å². The van der Waals surface area contributed by atoms with Gasteiger partial charge >= 0.3 is 0 Å². The van der Waals surface area contributed by atoms with Crippen molar-refractivity contribution in [3.8, 4) is 6.07 Å². The molecule has 106 valence electrons. The number of hydrogen-bond acceptors (Lipinski definition) is 4. The largest absolute Gasteiger partial charge is 0.347 e. The predicted octanol–water partition coefficient (Wildman–Crippen LogP) is 2.04. The van der Waals surface area contributed by atoms with Crippen molar-refractivity contribution in [3.63, 3.8) is 0 Å². The molecule has 0 aliphatic carbocycles. The van der Waals surface area contributed by atoms with Crippen LogP contribution >= 0.6 is 0 Å². The molecule has 0 unspecified atom stereocenters. The van der Waals surface area contributed by atoms with Crippen molar-refractivity contribution in [2.75, 3.05) is 26.3 Å². The molecule has 2 heterocycles. The van der Waals surface area contributed by atoms with Crippen LogP contribution in [0.4, 0.5) is 4.39 Å². The highest BCUT2D eigenvalue weighted by Crippen LogP contribution is 2.31. The molecule has 1 aromatic rings. The molecular weight excluding hydrogens is 259 g/mol. The van der Waals surface area contributed by atoms with Gasteiger partial charge in [-0.1, -0.05) is 0 Å². The van der Waals surface area contributed by atoms with Gasteiger partial charge in [0.15, 0.2) is 5.79 Å². The first-order valence-electron chi connectivity index (χ1n) is 6.90. The smallest absolute Gasteiger partial charge is 0.170 e. The molecule has 0 saturated carbocycles.